The highest BCUT2D eigenvalue weighted by molar-refractivity contribution is 5.94. The summed E-state index contributed by atoms with van der Waals surface area (Å²) in [5.41, 5.74) is 0.210. The van der Waals surface area contributed by atoms with Crippen LogP contribution in [0, 0.1) is 11.3 Å². The van der Waals surface area contributed by atoms with Crippen molar-refractivity contribution in [1.29, 1.82) is 5.26 Å². The molecule has 1 aliphatic rings. The summed E-state index contributed by atoms with van der Waals surface area (Å²) in [6.07, 6.45) is 4.08. The van der Waals surface area contributed by atoms with Crippen LogP contribution in [0.4, 0.5) is 0 Å². The highest BCUT2D eigenvalue weighted by Crippen LogP contribution is 2.34. The second-order valence-corrected chi connectivity index (χ2v) is 3.32. The van der Waals surface area contributed by atoms with E-state index in [1.165, 1.54) is 0 Å². The zero-order valence-electron chi connectivity index (χ0n) is 8.05. The fraction of sp³-hybridized carbons (Fsp3) is 0.600. The summed E-state index contributed by atoms with van der Waals surface area (Å²) in [6, 6.07) is 2.13. The number of nitrogens with zero attached hydrogens (tertiary/aromatic N) is 1. The lowest BCUT2D eigenvalue weighted by molar-refractivity contribution is -0.118. The van der Waals surface area contributed by atoms with Gasteiger partial charge in [0.05, 0.1) is 6.07 Å². The highest BCUT2D eigenvalue weighted by Gasteiger charge is 2.44. The Bertz CT molecular complexity index is 282. The molecule has 0 aromatic carbocycles. The maximum atomic E-state index is 11.5. The van der Waals surface area contributed by atoms with E-state index in [2.05, 4.69) is 11.4 Å². The minimum Gasteiger partial charge on any atom is -0.334 e. The second-order valence-electron chi connectivity index (χ2n) is 3.32. The third kappa shape index (κ3) is 2.09. The molecule has 1 rings (SSSR count). The van der Waals surface area contributed by atoms with E-state index in [1.807, 2.05) is 13.8 Å². The molecule has 0 spiro atoms. The summed E-state index contributed by atoms with van der Waals surface area (Å²) < 4.78 is 0. The molecule has 1 saturated carbocycles. The number of carbonyl (C=O) groups excluding carboxylic acids is 1. The molecule has 1 N–H and O–H groups in total. The summed E-state index contributed by atoms with van der Waals surface area (Å²) in [4.78, 5) is 11.5. The van der Waals surface area contributed by atoms with Crippen LogP contribution in [0.2, 0.25) is 0 Å². The smallest absolute Gasteiger partial charge is 0.248 e. The molecule has 0 bridgehead atoms. The van der Waals surface area contributed by atoms with E-state index in [9.17, 15) is 4.79 Å². The molecule has 13 heavy (non-hydrogen) atoms. The van der Waals surface area contributed by atoms with Gasteiger partial charge in [-0.2, -0.15) is 5.26 Å². The number of nitrogens with one attached hydrogen (secondary N) is 1. The molecule has 70 valence electrons. The molecule has 3 nitrogen and oxygen atoms in total. The lowest BCUT2D eigenvalue weighted by atomic mass is 10.1. The van der Waals surface area contributed by atoms with Crippen LogP contribution >= 0.6 is 0 Å². The first kappa shape index (κ1) is 9.79. The van der Waals surface area contributed by atoms with Gasteiger partial charge in [-0.15, -0.1) is 0 Å². The Labute approximate surface area is 78.4 Å². The molecule has 0 aromatic heterocycles. The quantitative estimate of drug-likeness (QED) is 0.666. The van der Waals surface area contributed by atoms with E-state index in [0.29, 0.717) is 6.42 Å². The van der Waals surface area contributed by atoms with E-state index in [0.717, 1.165) is 18.4 Å². The van der Waals surface area contributed by atoms with Gasteiger partial charge in [0, 0.05) is 5.57 Å². The molecule has 1 amide bonds. The average Bonchev–Trinajstić information content (AvgIpc) is 2.88. The van der Waals surface area contributed by atoms with E-state index >= 15 is 0 Å². The average molecular weight is 178 g/mol. The van der Waals surface area contributed by atoms with Crippen LogP contribution in [0.15, 0.2) is 11.6 Å². The Morgan fingerprint density at radius 1 is 1.69 bits per heavy atom. The van der Waals surface area contributed by atoms with Crippen molar-refractivity contribution in [3.8, 4) is 6.07 Å². The fourth-order valence-electron chi connectivity index (χ4n) is 1.18. The minimum atomic E-state index is -0.541. The van der Waals surface area contributed by atoms with Gasteiger partial charge >= 0.3 is 0 Å². The third-order valence-electron chi connectivity index (χ3n) is 2.34. The summed E-state index contributed by atoms with van der Waals surface area (Å²) in [5, 5.41) is 11.5. The molecular formula is C10H14N2O. The van der Waals surface area contributed by atoms with Crippen molar-refractivity contribution in [1.82, 2.24) is 5.32 Å². The van der Waals surface area contributed by atoms with Gasteiger partial charge < -0.3 is 5.32 Å². The standard InChI is InChI=1S/C10H14N2O/c1-3-8(4-2)9(13)12-10(7-11)5-6-10/h3H,4-6H2,1-2H3,(H,12,13)/b8-3+. The Morgan fingerprint density at radius 3 is 2.62 bits per heavy atom. The predicted molar refractivity (Wildman–Crippen MR) is 49.8 cm³/mol. The summed E-state index contributed by atoms with van der Waals surface area (Å²) in [5.74, 6) is -0.0935. The van der Waals surface area contributed by atoms with Crippen molar-refractivity contribution in [3.05, 3.63) is 11.6 Å². The van der Waals surface area contributed by atoms with E-state index < -0.39 is 5.54 Å². The second kappa shape index (κ2) is 3.61. The van der Waals surface area contributed by atoms with Crippen molar-refractivity contribution in [2.24, 2.45) is 0 Å². The Morgan fingerprint density at radius 2 is 2.31 bits per heavy atom. The maximum absolute atomic E-state index is 11.5. The number of nitriles is 1. The summed E-state index contributed by atoms with van der Waals surface area (Å²) >= 11 is 0. The van der Waals surface area contributed by atoms with E-state index in [-0.39, 0.29) is 5.91 Å². The van der Waals surface area contributed by atoms with Crippen LogP contribution in [0.5, 0.6) is 0 Å². The number of hydrogen-bond donors (Lipinski definition) is 1. The van der Waals surface area contributed by atoms with Crippen molar-refractivity contribution in [2.75, 3.05) is 0 Å². The van der Waals surface area contributed by atoms with Gasteiger partial charge in [-0.3, -0.25) is 4.79 Å². The Kier molecular flexibility index (Phi) is 2.72. The Hall–Kier alpha value is -1.30. The van der Waals surface area contributed by atoms with Crippen LogP contribution in [-0.2, 0) is 4.79 Å². The van der Waals surface area contributed by atoms with Crippen molar-refractivity contribution in [3.63, 3.8) is 0 Å². The largest absolute Gasteiger partial charge is 0.334 e. The molecule has 0 saturated heterocycles. The summed E-state index contributed by atoms with van der Waals surface area (Å²) in [6.45, 7) is 3.77. The predicted octanol–water partition coefficient (Wildman–Crippen LogP) is 1.52. The molecular weight excluding hydrogens is 164 g/mol. The highest BCUT2D eigenvalue weighted by atomic mass is 16.1. The first-order chi connectivity index (χ1) is 6.17. The van der Waals surface area contributed by atoms with Gasteiger partial charge in [0.2, 0.25) is 5.91 Å². The van der Waals surface area contributed by atoms with Crippen LogP contribution in [-0.4, -0.2) is 11.4 Å². The van der Waals surface area contributed by atoms with Gasteiger partial charge in [-0.1, -0.05) is 13.0 Å². The zero-order valence-corrected chi connectivity index (χ0v) is 8.05. The van der Waals surface area contributed by atoms with Gasteiger partial charge in [0.1, 0.15) is 5.54 Å². The number of hydrogen-bond acceptors (Lipinski definition) is 2. The SMILES string of the molecule is C/C=C(\CC)C(=O)NC1(C#N)CC1. The van der Waals surface area contributed by atoms with Crippen molar-refractivity contribution < 1.29 is 4.79 Å². The van der Waals surface area contributed by atoms with Crippen LogP contribution in [0.1, 0.15) is 33.1 Å². The third-order valence-corrected chi connectivity index (χ3v) is 2.34. The van der Waals surface area contributed by atoms with Crippen LogP contribution < -0.4 is 5.32 Å². The zero-order chi connectivity index (χ0) is 9.90. The number of carbonyl (C=O) groups is 1. The number of rotatable bonds is 3. The van der Waals surface area contributed by atoms with Crippen molar-refractivity contribution in [2.45, 2.75) is 38.6 Å². The van der Waals surface area contributed by atoms with E-state index in [4.69, 9.17) is 5.26 Å². The first-order valence-corrected chi connectivity index (χ1v) is 4.56. The molecule has 0 heterocycles. The van der Waals surface area contributed by atoms with Crippen molar-refractivity contribution >= 4 is 5.91 Å². The van der Waals surface area contributed by atoms with Gasteiger partial charge in [0.25, 0.3) is 0 Å². The van der Waals surface area contributed by atoms with Crippen LogP contribution in [0.25, 0.3) is 0 Å². The molecule has 3 heteroatoms. The van der Waals surface area contributed by atoms with Gasteiger partial charge in [-0.05, 0) is 26.2 Å². The summed E-state index contributed by atoms with van der Waals surface area (Å²) in [7, 11) is 0. The number of amides is 1. The Balaban J connectivity index is 2.56. The van der Waals surface area contributed by atoms with Gasteiger partial charge in [-0.25, -0.2) is 0 Å². The van der Waals surface area contributed by atoms with Gasteiger partial charge in [0.15, 0.2) is 0 Å². The molecule has 0 atom stereocenters. The minimum absolute atomic E-state index is 0.0935. The molecule has 0 unspecified atom stereocenters. The maximum Gasteiger partial charge on any atom is 0.248 e. The molecule has 0 radical (unpaired) electrons. The number of allylic oxidation sites excluding steroid dienone is 1. The van der Waals surface area contributed by atoms with Crippen LogP contribution in [0.3, 0.4) is 0 Å². The lowest BCUT2D eigenvalue weighted by Crippen LogP contribution is -2.36. The van der Waals surface area contributed by atoms with E-state index in [1.54, 1.807) is 6.08 Å². The lowest BCUT2D eigenvalue weighted by Gasteiger charge is -2.09. The molecule has 1 fully saturated rings. The molecule has 0 aromatic rings. The first-order valence-electron chi connectivity index (χ1n) is 4.56. The molecule has 0 aliphatic heterocycles. The molecule has 1 aliphatic carbocycles. The topological polar surface area (TPSA) is 52.9 Å². The fourth-order valence-corrected chi connectivity index (χ4v) is 1.18. The normalized spacial score (nSPS) is 19.0. The monoisotopic (exact) mass is 178 g/mol.